The quantitative estimate of drug-likeness (QED) is 0.354. The van der Waals surface area contributed by atoms with Gasteiger partial charge in [0.25, 0.3) is 26.1 Å². The van der Waals surface area contributed by atoms with Gasteiger partial charge in [0.05, 0.1) is 9.79 Å². The Labute approximate surface area is 166 Å². The first-order chi connectivity index (χ1) is 13.3. The Morgan fingerprint density at radius 2 is 1.34 bits per heavy atom. The SMILES string of the molecule is NCc1ccc(C(=O)NCc2ccc(C(N)=O)cc2S(=O)(=O)O)cc1S(=O)(=O)O. The van der Waals surface area contributed by atoms with E-state index in [-0.39, 0.29) is 35.3 Å². The van der Waals surface area contributed by atoms with Crippen molar-refractivity contribution in [1.29, 1.82) is 0 Å². The number of nitrogens with one attached hydrogen (secondary N) is 1. The maximum Gasteiger partial charge on any atom is 0.294 e. The summed E-state index contributed by atoms with van der Waals surface area (Å²) in [7, 11) is -9.35. The van der Waals surface area contributed by atoms with Crippen molar-refractivity contribution in [3.8, 4) is 0 Å². The van der Waals surface area contributed by atoms with Crippen molar-refractivity contribution in [3.63, 3.8) is 0 Å². The third-order valence-corrected chi connectivity index (χ3v) is 5.77. The Kier molecular flexibility index (Phi) is 6.40. The van der Waals surface area contributed by atoms with Crippen LogP contribution >= 0.6 is 0 Å². The van der Waals surface area contributed by atoms with Crippen LogP contribution in [0.5, 0.6) is 0 Å². The average molecular weight is 443 g/mol. The van der Waals surface area contributed by atoms with Gasteiger partial charge in [-0.2, -0.15) is 16.8 Å². The predicted molar refractivity (Wildman–Crippen MR) is 100 cm³/mol. The molecule has 0 saturated carbocycles. The molecular weight excluding hydrogens is 426 g/mol. The highest BCUT2D eigenvalue weighted by Gasteiger charge is 2.20. The first-order valence-electron chi connectivity index (χ1n) is 7.83. The smallest absolute Gasteiger partial charge is 0.294 e. The highest BCUT2D eigenvalue weighted by atomic mass is 32.2. The zero-order valence-corrected chi connectivity index (χ0v) is 16.3. The lowest BCUT2D eigenvalue weighted by molar-refractivity contribution is 0.0948. The summed E-state index contributed by atoms with van der Waals surface area (Å²) in [6.07, 6.45) is 0. The van der Waals surface area contributed by atoms with E-state index < -0.39 is 41.8 Å². The topological polar surface area (TPSA) is 207 Å². The minimum atomic E-state index is -4.72. The van der Waals surface area contributed by atoms with E-state index in [0.717, 1.165) is 12.1 Å². The van der Waals surface area contributed by atoms with Crippen molar-refractivity contribution >= 4 is 32.1 Å². The van der Waals surface area contributed by atoms with Gasteiger partial charge in [-0.3, -0.25) is 18.7 Å². The number of amides is 2. The number of nitrogens with two attached hydrogens (primary N) is 2. The molecule has 0 fully saturated rings. The first kappa shape index (κ1) is 22.4. The molecule has 0 aliphatic heterocycles. The van der Waals surface area contributed by atoms with E-state index in [0.29, 0.717) is 0 Å². The van der Waals surface area contributed by atoms with Crippen LogP contribution < -0.4 is 16.8 Å². The lowest BCUT2D eigenvalue weighted by Crippen LogP contribution is -2.24. The van der Waals surface area contributed by atoms with Crippen LogP contribution in [0.1, 0.15) is 31.8 Å². The van der Waals surface area contributed by atoms with Crippen LogP contribution in [0, 0.1) is 0 Å². The second-order valence-corrected chi connectivity index (χ2v) is 8.63. The van der Waals surface area contributed by atoms with Crippen molar-refractivity contribution in [2.45, 2.75) is 22.9 Å². The van der Waals surface area contributed by atoms with E-state index >= 15 is 0 Å². The molecule has 2 rings (SSSR count). The summed E-state index contributed by atoms with van der Waals surface area (Å²) in [5.74, 6) is -1.71. The van der Waals surface area contributed by atoms with Crippen LogP contribution in [0.3, 0.4) is 0 Å². The molecule has 0 heterocycles. The van der Waals surface area contributed by atoms with E-state index in [9.17, 15) is 35.5 Å². The van der Waals surface area contributed by atoms with Crippen LogP contribution in [0.15, 0.2) is 46.2 Å². The van der Waals surface area contributed by atoms with Gasteiger partial charge in [-0.25, -0.2) is 0 Å². The summed E-state index contributed by atoms with van der Waals surface area (Å²) in [5.41, 5.74) is 10.2. The van der Waals surface area contributed by atoms with Crippen molar-refractivity contribution in [2.24, 2.45) is 11.5 Å². The van der Waals surface area contributed by atoms with Crippen molar-refractivity contribution < 1.29 is 35.5 Å². The van der Waals surface area contributed by atoms with Crippen LogP contribution in [0.4, 0.5) is 0 Å². The molecule has 0 atom stereocenters. The molecule has 156 valence electrons. The molecule has 29 heavy (non-hydrogen) atoms. The maximum absolute atomic E-state index is 12.3. The molecule has 0 aliphatic carbocycles. The van der Waals surface area contributed by atoms with E-state index in [4.69, 9.17) is 11.5 Å². The van der Waals surface area contributed by atoms with Crippen molar-refractivity contribution in [3.05, 3.63) is 58.7 Å². The normalized spacial score (nSPS) is 11.8. The number of rotatable bonds is 7. The molecule has 0 aliphatic rings. The third-order valence-electron chi connectivity index (χ3n) is 3.90. The maximum atomic E-state index is 12.3. The molecule has 11 nitrogen and oxygen atoms in total. The molecule has 0 spiro atoms. The van der Waals surface area contributed by atoms with Gasteiger partial charge in [0, 0.05) is 24.2 Å². The Balaban J connectivity index is 2.33. The zero-order valence-electron chi connectivity index (χ0n) is 14.7. The molecule has 0 saturated heterocycles. The Morgan fingerprint density at radius 3 is 1.86 bits per heavy atom. The fourth-order valence-electron chi connectivity index (χ4n) is 2.48. The Hall–Kier alpha value is -2.84. The highest BCUT2D eigenvalue weighted by molar-refractivity contribution is 7.86. The summed E-state index contributed by atoms with van der Waals surface area (Å²) >= 11 is 0. The fourth-order valence-corrected chi connectivity index (χ4v) is 3.98. The summed E-state index contributed by atoms with van der Waals surface area (Å²) in [5, 5.41) is 2.35. The summed E-state index contributed by atoms with van der Waals surface area (Å²) in [6, 6.07) is 6.71. The van der Waals surface area contributed by atoms with Gasteiger partial charge in [-0.1, -0.05) is 12.1 Å². The molecule has 13 heteroatoms. The molecule has 0 radical (unpaired) electrons. The van der Waals surface area contributed by atoms with Crippen LogP contribution in [0.25, 0.3) is 0 Å². The minimum absolute atomic E-state index is 0.0422. The van der Waals surface area contributed by atoms with Crippen molar-refractivity contribution in [2.75, 3.05) is 0 Å². The molecule has 0 unspecified atom stereocenters. The molecule has 7 N–H and O–H groups in total. The lowest BCUT2D eigenvalue weighted by Gasteiger charge is -2.11. The monoisotopic (exact) mass is 443 g/mol. The van der Waals surface area contributed by atoms with Gasteiger partial charge in [-0.05, 0) is 35.4 Å². The highest BCUT2D eigenvalue weighted by Crippen LogP contribution is 2.19. The molecule has 2 aromatic rings. The van der Waals surface area contributed by atoms with E-state index in [1.54, 1.807) is 0 Å². The number of hydrogen-bond acceptors (Lipinski definition) is 7. The minimum Gasteiger partial charge on any atom is -0.366 e. The van der Waals surface area contributed by atoms with Crippen LogP contribution in [-0.2, 0) is 33.3 Å². The number of primary amides is 1. The summed E-state index contributed by atoms with van der Waals surface area (Å²) in [4.78, 5) is 22.4. The first-order valence-corrected chi connectivity index (χ1v) is 10.7. The summed E-state index contributed by atoms with van der Waals surface area (Å²) < 4.78 is 64.6. The molecule has 2 amide bonds. The molecular formula is C16H17N3O8S2. The van der Waals surface area contributed by atoms with Gasteiger partial charge < -0.3 is 16.8 Å². The van der Waals surface area contributed by atoms with Gasteiger partial charge in [0.1, 0.15) is 0 Å². The molecule has 0 aromatic heterocycles. The van der Waals surface area contributed by atoms with Gasteiger partial charge in [0.2, 0.25) is 5.91 Å². The number of carbonyl (C=O) groups is 2. The van der Waals surface area contributed by atoms with E-state index in [1.165, 1.54) is 24.3 Å². The predicted octanol–water partition coefficient (Wildman–Crippen LogP) is -0.332. The molecule has 2 aromatic carbocycles. The lowest BCUT2D eigenvalue weighted by atomic mass is 10.1. The third kappa shape index (κ3) is 5.36. The van der Waals surface area contributed by atoms with Gasteiger partial charge >= 0.3 is 0 Å². The Morgan fingerprint density at radius 1 is 0.862 bits per heavy atom. The second-order valence-electron chi connectivity index (χ2n) is 5.85. The van der Waals surface area contributed by atoms with Crippen molar-refractivity contribution in [1.82, 2.24) is 5.32 Å². The summed E-state index contributed by atoms with van der Waals surface area (Å²) in [6.45, 7) is -0.576. The van der Waals surface area contributed by atoms with Gasteiger partial charge in [-0.15, -0.1) is 0 Å². The van der Waals surface area contributed by atoms with E-state index in [1.807, 2.05) is 0 Å². The van der Waals surface area contributed by atoms with Crippen LogP contribution in [0.2, 0.25) is 0 Å². The van der Waals surface area contributed by atoms with Crippen LogP contribution in [-0.4, -0.2) is 37.8 Å². The number of benzene rings is 2. The largest absolute Gasteiger partial charge is 0.366 e. The fraction of sp³-hybridized carbons (Fsp3) is 0.125. The van der Waals surface area contributed by atoms with Gasteiger partial charge in [0.15, 0.2) is 0 Å². The molecule has 0 bridgehead atoms. The van der Waals surface area contributed by atoms with E-state index in [2.05, 4.69) is 5.32 Å². The Bertz CT molecular complexity index is 1190. The average Bonchev–Trinajstić information content (AvgIpc) is 2.63. The number of carbonyl (C=O) groups excluding carboxylic acids is 2. The standard InChI is InChI=1S/C16H17N3O8S2/c17-7-11-3-2-10(6-13(11)28(22,23)24)16(21)19-8-12-4-1-9(15(18)20)5-14(12)29(25,26)27/h1-6H,7-8,17H2,(H2,18,20)(H,19,21)(H,22,23,24)(H,25,26,27). The second kappa shape index (κ2) is 8.26. The number of hydrogen-bond donors (Lipinski definition) is 5. The zero-order chi connectivity index (χ0) is 22.0.